The molecule has 20 heteroatoms. The average molecular weight is 965 g/mol. The molecule has 3 aromatic heterocycles. The topological polar surface area (TPSA) is 221 Å². The first-order valence-electron chi connectivity index (χ1n) is 22.3. The van der Waals surface area contributed by atoms with Crippen molar-refractivity contribution in [2.75, 3.05) is 32.6 Å². The molecule has 1 saturated carbocycles. The van der Waals surface area contributed by atoms with E-state index in [1.165, 1.54) is 33.7 Å². The summed E-state index contributed by atoms with van der Waals surface area (Å²) >= 11 is 2.55. The van der Waals surface area contributed by atoms with Crippen molar-refractivity contribution in [2.24, 2.45) is 11.3 Å². The van der Waals surface area contributed by atoms with Gasteiger partial charge in [-0.2, -0.15) is 4.31 Å². The van der Waals surface area contributed by atoms with Crippen molar-refractivity contribution in [1.82, 2.24) is 35.1 Å². The minimum absolute atomic E-state index is 0.0261. The van der Waals surface area contributed by atoms with E-state index < -0.39 is 74.9 Å². The van der Waals surface area contributed by atoms with Gasteiger partial charge in [0.1, 0.15) is 45.1 Å². The number of nitrogens with one attached hydrogen (secondary N) is 4. The Morgan fingerprint density at radius 3 is 2.58 bits per heavy atom. The summed E-state index contributed by atoms with van der Waals surface area (Å²) in [6, 6.07) is 6.97. The highest BCUT2D eigenvalue weighted by Gasteiger charge is 2.61. The standard InChI is InChI=1S/C46H60N8O9S3/c1-27(2)47-44-50-35(26-65-44)34-22-37(31-18-17-29(62-7)20-33(31)48-34)63-30-21-36-40(55)52-46(42(57)58)23-28(46)14-11-9-8-10-12-15-32(41(56)54(36)24-30)49-43(59)51-38(45(3,4)5)25-53(6)66(60,61)39-16-13-19-64-39/h11,13-14,16-20,22,26-28,30,32,36,38H,8-10,12,15,21,23-25H2,1-7H3,(H,47,50)(H,52,55)(H,57,58)(H2,49,51,59)/t28?,30-,32+,36+,38-,46-/m1/s1. The number of carboxylic acid groups (broad SMARTS) is 1. The molecule has 5 heterocycles. The Balaban J connectivity index is 1.18. The quantitative estimate of drug-likeness (QED) is 0.0910. The summed E-state index contributed by atoms with van der Waals surface area (Å²) in [5.74, 6) is -1.70. The molecule has 66 heavy (non-hydrogen) atoms. The average Bonchev–Trinajstić information content (AvgIpc) is 3.73. The van der Waals surface area contributed by atoms with Crippen LogP contribution in [0.25, 0.3) is 22.3 Å². The number of nitrogens with zero attached hydrogens (tertiary/aromatic N) is 4. The number of ether oxygens (including phenoxy) is 2. The minimum atomic E-state index is -3.83. The maximum Gasteiger partial charge on any atom is 0.330 e. The second kappa shape index (κ2) is 19.9. The fourth-order valence-electron chi connectivity index (χ4n) is 8.38. The van der Waals surface area contributed by atoms with Gasteiger partial charge in [0, 0.05) is 60.9 Å². The molecular formula is C46H60N8O9S3. The fourth-order valence-corrected chi connectivity index (χ4v) is 11.6. The molecule has 2 fully saturated rings. The number of hydrogen-bond donors (Lipinski definition) is 5. The zero-order valence-corrected chi connectivity index (χ0v) is 40.8. The number of fused-ring (bicyclic) bond motifs is 3. The molecule has 6 atom stereocenters. The van der Waals surface area contributed by atoms with Crippen molar-refractivity contribution >= 4 is 72.5 Å². The Morgan fingerprint density at radius 1 is 1.09 bits per heavy atom. The molecule has 1 aliphatic carbocycles. The van der Waals surface area contributed by atoms with E-state index in [4.69, 9.17) is 19.4 Å². The lowest BCUT2D eigenvalue weighted by atomic mass is 9.87. The van der Waals surface area contributed by atoms with E-state index in [1.54, 1.807) is 36.8 Å². The van der Waals surface area contributed by atoms with Crippen molar-refractivity contribution in [3.8, 4) is 22.9 Å². The number of thiazole rings is 1. The first-order valence-corrected chi connectivity index (χ1v) is 25.5. The molecule has 4 aromatic rings. The van der Waals surface area contributed by atoms with Gasteiger partial charge in [-0.05, 0) is 68.5 Å². The van der Waals surface area contributed by atoms with Crippen LogP contribution in [0.3, 0.4) is 0 Å². The van der Waals surface area contributed by atoms with Gasteiger partial charge in [0.05, 0.1) is 24.9 Å². The number of methoxy groups -OCH3 is 1. The van der Waals surface area contributed by atoms with Crippen LogP contribution in [0.5, 0.6) is 11.5 Å². The molecule has 5 N–H and O–H groups in total. The van der Waals surface area contributed by atoms with Crippen molar-refractivity contribution in [1.29, 1.82) is 0 Å². The van der Waals surface area contributed by atoms with Crippen LogP contribution in [-0.4, -0.2) is 120 Å². The highest BCUT2D eigenvalue weighted by Crippen LogP contribution is 2.46. The van der Waals surface area contributed by atoms with Gasteiger partial charge in [-0.25, -0.2) is 28.0 Å². The minimum Gasteiger partial charge on any atom is -0.497 e. The zero-order chi connectivity index (χ0) is 47.6. The highest BCUT2D eigenvalue weighted by atomic mass is 32.2. The van der Waals surface area contributed by atoms with Gasteiger partial charge in [0.15, 0.2) is 5.13 Å². The second-order valence-electron chi connectivity index (χ2n) is 18.7. The number of sulfonamides is 1. The number of allylic oxidation sites excluding steroid dienone is 1. The Bertz CT molecular complexity index is 2560. The molecule has 7 rings (SSSR count). The van der Waals surface area contributed by atoms with Crippen LogP contribution in [0.1, 0.15) is 79.6 Å². The van der Waals surface area contributed by atoms with E-state index in [0.29, 0.717) is 46.6 Å². The van der Waals surface area contributed by atoms with Gasteiger partial charge in [-0.1, -0.05) is 51.8 Å². The number of hydrogen-bond acceptors (Lipinski definition) is 13. The van der Waals surface area contributed by atoms with Crippen LogP contribution in [0.2, 0.25) is 0 Å². The second-order valence-corrected chi connectivity index (χ2v) is 22.7. The Morgan fingerprint density at radius 2 is 1.88 bits per heavy atom. The van der Waals surface area contributed by atoms with Crippen LogP contribution in [0, 0.1) is 11.3 Å². The molecule has 4 amide bonds. The molecule has 1 unspecified atom stereocenters. The number of rotatable bonds is 13. The van der Waals surface area contributed by atoms with Crippen molar-refractivity contribution in [3.05, 3.63) is 59.3 Å². The molecule has 0 bridgehead atoms. The highest BCUT2D eigenvalue weighted by molar-refractivity contribution is 7.91. The summed E-state index contributed by atoms with van der Waals surface area (Å²) in [5.41, 5.74) is -0.387. The SMILES string of the molecule is COc1ccc2c(O[C@@H]3C[C@H]4C(=O)N[C@]5(C(=O)O)CC5C=CCCCCC[C@H](NC(=O)N[C@H](CN(C)S(=O)(=O)c5cccs5)C(C)(C)C)C(=O)N4C3)cc(-c3csc(NC(C)C)n3)nc2c1. The van der Waals surface area contributed by atoms with Crippen LogP contribution in [0.15, 0.2) is 63.5 Å². The largest absolute Gasteiger partial charge is 0.497 e. The third-order valence-electron chi connectivity index (χ3n) is 12.3. The van der Waals surface area contributed by atoms with Crippen molar-refractivity contribution < 1.29 is 42.2 Å². The van der Waals surface area contributed by atoms with E-state index >= 15 is 0 Å². The number of urea groups is 1. The Labute approximate surface area is 393 Å². The van der Waals surface area contributed by atoms with Crippen molar-refractivity contribution in [2.45, 2.75) is 120 Å². The van der Waals surface area contributed by atoms with Gasteiger partial charge in [-0.15, -0.1) is 22.7 Å². The smallest absolute Gasteiger partial charge is 0.330 e. The number of benzene rings is 1. The lowest BCUT2D eigenvalue weighted by molar-refractivity contribution is -0.145. The molecule has 17 nitrogen and oxygen atoms in total. The molecular weight excluding hydrogens is 905 g/mol. The Hall–Kier alpha value is -5.31. The summed E-state index contributed by atoms with van der Waals surface area (Å²) in [6.07, 6.45) is 6.31. The molecule has 3 aliphatic rings. The first kappa shape index (κ1) is 48.6. The van der Waals surface area contributed by atoms with E-state index in [1.807, 2.05) is 58.2 Å². The number of carbonyl (C=O) groups excluding carboxylic acids is 3. The fraction of sp³-hybridized carbons (Fsp3) is 0.522. The molecule has 1 saturated heterocycles. The molecule has 0 radical (unpaired) electrons. The number of aromatic nitrogens is 2. The number of carbonyl (C=O) groups is 4. The van der Waals surface area contributed by atoms with Gasteiger partial charge < -0.3 is 40.7 Å². The van der Waals surface area contributed by atoms with Gasteiger partial charge in [0.2, 0.25) is 11.8 Å². The molecule has 2 aliphatic heterocycles. The summed E-state index contributed by atoms with van der Waals surface area (Å²) in [5, 5.41) is 27.3. The van der Waals surface area contributed by atoms with E-state index in [-0.39, 0.29) is 42.6 Å². The number of anilines is 1. The van der Waals surface area contributed by atoms with E-state index in [2.05, 4.69) is 21.3 Å². The summed E-state index contributed by atoms with van der Waals surface area (Å²) in [6.45, 7) is 9.62. The maximum atomic E-state index is 15.0. The first-order chi connectivity index (χ1) is 31.3. The van der Waals surface area contributed by atoms with Crippen LogP contribution < -0.4 is 30.7 Å². The molecule has 1 aromatic carbocycles. The summed E-state index contributed by atoms with van der Waals surface area (Å²) in [4.78, 5) is 67.2. The normalized spacial score (nSPS) is 23.3. The number of pyridine rings is 1. The molecule has 0 spiro atoms. The number of carboxylic acids is 1. The van der Waals surface area contributed by atoms with Crippen molar-refractivity contribution in [3.63, 3.8) is 0 Å². The summed E-state index contributed by atoms with van der Waals surface area (Å²) < 4.78 is 40.4. The third-order valence-corrected chi connectivity index (χ3v) is 16.3. The predicted molar refractivity (Wildman–Crippen MR) is 254 cm³/mol. The zero-order valence-electron chi connectivity index (χ0n) is 38.3. The third kappa shape index (κ3) is 10.9. The Kier molecular flexibility index (Phi) is 14.6. The van der Waals surface area contributed by atoms with Gasteiger partial charge >= 0.3 is 12.0 Å². The van der Waals surface area contributed by atoms with Crippen LogP contribution in [-0.2, 0) is 24.4 Å². The van der Waals surface area contributed by atoms with Gasteiger partial charge in [0.25, 0.3) is 10.0 Å². The lowest BCUT2D eigenvalue weighted by Gasteiger charge is -2.35. The van der Waals surface area contributed by atoms with Crippen LogP contribution in [0.4, 0.5) is 9.93 Å². The van der Waals surface area contributed by atoms with Crippen LogP contribution >= 0.6 is 22.7 Å². The van der Waals surface area contributed by atoms with Gasteiger partial charge in [-0.3, -0.25) is 9.59 Å². The number of thiophene rings is 1. The van der Waals surface area contributed by atoms with E-state index in [9.17, 15) is 32.7 Å². The molecule has 356 valence electrons. The lowest BCUT2D eigenvalue weighted by Crippen LogP contribution is -2.59. The number of likely N-dealkylation sites (N-methyl/N-ethyl adjacent to an activating group) is 1. The van der Waals surface area contributed by atoms with E-state index in [0.717, 1.165) is 29.3 Å². The predicted octanol–water partition coefficient (Wildman–Crippen LogP) is 6.48. The maximum absolute atomic E-state index is 15.0. The number of aliphatic carboxylic acids is 1. The number of amides is 4. The summed E-state index contributed by atoms with van der Waals surface area (Å²) in [7, 11) is -0.797. The monoisotopic (exact) mass is 964 g/mol.